The second-order valence-corrected chi connectivity index (χ2v) is 5.92. The van der Waals surface area contributed by atoms with E-state index >= 15 is 0 Å². The molecule has 1 aliphatic carbocycles. The van der Waals surface area contributed by atoms with E-state index in [2.05, 4.69) is 29.6 Å². The predicted octanol–water partition coefficient (Wildman–Crippen LogP) is 2.88. The lowest BCUT2D eigenvalue weighted by atomic mass is 10.0. The van der Waals surface area contributed by atoms with Crippen molar-refractivity contribution in [2.75, 3.05) is 19.7 Å². The molecule has 0 saturated carbocycles. The van der Waals surface area contributed by atoms with E-state index in [1.54, 1.807) is 0 Å². The zero-order valence-corrected chi connectivity index (χ0v) is 12.7. The summed E-state index contributed by atoms with van der Waals surface area (Å²) in [7, 11) is 0. The summed E-state index contributed by atoms with van der Waals surface area (Å²) in [6.45, 7) is 3.90. The van der Waals surface area contributed by atoms with E-state index in [1.165, 1.54) is 24.0 Å². The summed E-state index contributed by atoms with van der Waals surface area (Å²) >= 11 is 0. The van der Waals surface area contributed by atoms with E-state index in [0.29, 0.717) is 18.7 Å². The molecule has 2 aliphatic rings. The molecule has 0 aromatic heterocycles. The van der Waals surface area contributed by atoms with Gasteiger partial charge in [-0.1, -0.05) is 24.3 Å². The minimum Gasteiger partial charge on any atom is -0.450 e. The number of fused-ring (bicyclic) bond motifs is 1. The fraction of sp³-hybridized carbons (Fsp3) is 0.588. The normalized spacial score (nSPS) is 22.1. The molecule has 3 rings (SSSR count). The molecule has 0 spiro atoms. The van der Waals surface area contributed by atoms with Gasteiger partial charge < -0.3 is 15.0 Å². The van der Waals surface area contributed by atoms with Crippen molar-refractivity contribution < 1.29 is 9.53 Å². The molecule has 1 heterocycles. The van der Waals surface area contributed by atoms with Gasteiger partial charge in [0.25, 0.3) is 0 Å². The molecule has 1 aromatic rings. The fourth-order valence-electron chi connectivity index (χ4n) is 3.46. The van der Waals surface area contributed by atoms with Crippen LogP contribution < -0.4 is 5.32 Å². The fourth-order valence-corrected chi connectivity index (χ4v) is 3.46. The molecule has 1 N–H and O–H groups in total. The Morgan fingerprint density at radius 2 is 2.05 bits per heavy atom. The Labute approximate surface area is 126 Å². The maximum atomic E-state index is 11.7. The van der Waals surface area contributed by atoms with Gasteiger partial charge in [-0.15, -0.1) is 0 Å². The molecule has 4 nitrogen and oxygen atoms in total. The minimum absolute atomic E-state index is 0.165. The summed E-state index contributed by atoms with van der Waals surface area (Å²) in [5.41, 5.74) is 2.95. The number of likely N-dealkylation sites (tertiary alicyclic amines) is 1. The number of carbonyl (C=O) groups excluding carboxylic acids is 1. The van der Waals surface area contributed by atoms with Crippen molar-refractivity contribution in [3.05, 3.63) is 35.4 Å². The summed E-state index contributed by atoms with van der Waals surface area (Å²) in [5.74, 6) is 0. The SMILES string of the molecule is CCOC(=O)N1CCC(NC2CCc3ccccc32)CC1. The van der Waals surface area contributed by atoms with Gasteiger partial charge in [-0.2, -0.15) is 0 Å². The van der Waals surface area contributed by atoms with E-state index in [1.807, 2.05) is 11.8 Å². The highest BCUT2D eigenvalue weighted by Crippen LogP contribution is 2.31. The minimum atomic E-state index is -0.165. The van der Waals surface area contributed by atoms with Crippen LogP contribution in [0.3, 0.4) is 0 Å². The second-order valence-electron chi connectivity index (χ2n) is 5.92. The third kappa shape index (κ3) is 3.21. The van der Waals surface area contributed by atoms with Gasteiger partial charge in [-0.25, -0.2) is 4.79 Å². The maximum absolute atomic E-state index is 11.7. The first-order valence-corrected chi connectivity index (χ1v) is 8.03. The van der Waals surface area contributed by atoms with E-state index in [-0.39, 0.29) is 6.09 Å². The lowest BCUT2D eigenvalue weighted by Crippen LogP contribution is -2.45. The number of amides is 1. The van der Waals surface area contributed by atoms with Gasteiger partial charge in [-0.3, -0.25) is 0 Å². The highest BCUT2D eigenvalue weighted by molar-refractivity contribution is 5.67. The van der Waals surface area contributed by atoms with E-state index < -0.39 is 0 Å². The average Bonchev–Trinajstić information content (AvgIpc) is 2.92. The number of rotatable bonds is 3. The number of piperidine rings is 1. The highest BCUT2D eigenvalue weighted by Gasteiger charge is 2.28. The van der Waals surface area contributed by atoms with Crippen LogP contribution in [0.4, 0.5) is 4.79 Å². The van der Waals surface area contributed by atoms with Gasteiger partial charge in [0.2, 0.25) is 0 Å². The zero-order valence-electron chi connectivity index (χ0n) is 12.7. The number of hydrogen-bond acceptors (Lipinski definition) is 3. The Hall–Kier alpha value is -1.55. The van der Waals surface area contributed by atoms with Crippen LogP contribution in [0.15, 0.2) is 24.3 Å². The first kappa shape index (κ1) is 14.4. The van der Waals surface area contributed by atoms with Gasteiger partial charge in [0.1, 0.15) is 0 Å². The lowest BCUT2D eigenvalue weighted by Gasteiger charge is -2.33. The number of hydrogen-bond donors (Lipinski definition) is 1. The van der Waals surface area contributed by atoms with Gasteiger partial charge in [0.15, 0.2) is 0 Å². The molecule has 1 atom stereocenters. The Morgan fingerprint density at radius 3 is 2.81 bits per heavy atom. The lowest BCUT2D eigenvalue weighted by molar-refractivity contribution is 0.0942. The third-order valence-corrected chi connectivity index (χ3v) is 4.59. The number of carbonyl (C=O) groups is 1. The van der Waals surface area contributed by atoms with Crippen LogP contribution in [0.2, 0.25) is 0 Å². The van der Waals surface area contributed by atoms with E-state index in [9.17, 15) is 4.79 Å². The monoisotopic (exact) mass is 288 g/mol. The average molecular weight is 288 g/mol. The summed E-state index contributed by atoms with van der Waals surface area (Å²) < 4.78 is 5.06. The molecule has 1 unspecified atom stereocenters. The Morgan fingerprint density at radius 1 is 1.29 bits per heavy atom. The van der Waals surface area contributed by atoms with Crippen molar-refractivity contribution in [1.82, 2.24) is 10.2 Å². The van der Waals surface area contributed by atoms with Crippen LogP contribution in [-0.2, 0) is 11.2 Å². The largest absolute Gasteiger partial charge is 0.450 e. The van der Waals surface area contributed by atoms with Gasteiger partial charge >= 0.3 is 6.09 Å². The van der Waals surface area contributed by atoms with Crippen molar-refractivity contribution in [1.29, 1.82) is 0 Å². The molecular formula is C17H24N2O2. The number of ether oxygens (including phenoxy) is 1. The van der Waals surface area contributed by atoms with Crippen molar-refractivity contribution in [2.45, 2.75) is 44.7 Å². The molecule has 1 amide bonds. The molecule has 0 bridgehead atoms. The topological polar surface area (TPSA) is 41.6 Å². The van der Waals surface area contributed by atoms with Gasteiger partial charge in [0.05, 0.1) is 6.61 Å². The Bertz CT molecular complexity index is 495. The molecule has 1 aromatic carbocycles. The maximum Gasteiger partial charge on any atom is 0.409 e. The van der Waals surface area contributed by atoms with Crippen LogP contribution >= 0.6 is 0 Å². The predicted molar refractivity (Wildman–Crippen MR) is 82.3 cm³/mol. The van der Waals surface area contributed by atoms with Crippen LogP contribution in [0.1, 0.15) is 43.4 Å². The van der Waals surface area contributed by atoms with Crippen LogP contribution in [0, 0.1) is 0 Å². The number of benzene rings is 1. The van der Waals surface area contributed by atoms with E-state index in [4.69, 9.17) is 4.74 Å². The van der Waals surface area contributed by atoms with E-state index in [0.717, 1.165) is 25.9 Å². The Balaban J connectivity index is 1.51. The summed E-state index contributed by atoms with van der Waals surface area (Å²) in [6.07, 6.45) is 4.23. The van der Waals surface area contributed by atoms with Crippen LogP contribution in [0.25, 0.3) is 0 Å². The number of nitrogens with one attached hydrogen (secondary N) is 1. The third-order valence-electron chi connectivity index (χ3n) is 4.59. The Kier molecular flexibility index (Phi) is 4.44. The van der Waals surface area contributed by atoms with Crippen LogP contribution in [0.5, 0.6) is 0 Å². The van der Waals surface area contributed by atoms with Gasteiger partial charge in [0, 0.05) is 25.2 Å². The summed E-state index contributed by atoms with van der Waals surface area (Å²) in [5, 5.41) is 3.79. The first-order valence-electron chi connectivity index (χ1n) is 8.03. The quantitative estimate of drug-likeness (QED) is 0.930. The molecule has 114 valence electrons. The number of nitrogens with zero attached hydrogens (tertiary/aromatic N) is 1. The van der Waals surface area contributed by atoms with Gasteiger partial charge in [-0.05, 0) is 43.7 Å². The molecule has 21 heavy (non-hydrogen) atoms. The smallest absolute Gasteiger partial charge is 0.409 e. The van der Waals surface area contributed by atoms with Crippen molar-refractivity contribution in [3.8, 4) is 0 Å². The molecule has 1 fully saturated rings. The summed E-state index contributed by atoms with van der Waals surface area (Å²) in [6, 6.07) is 9.72. The van der Waals surface area contributed by atoms with Crippen molar-refractivity contribution in [2.24, 2.45) is 0 Å². The molecule has 1 saturated heterocycles. The molecule has 1 aliphatic heterocycles. The molecule has 0 radical (unpaired) electrons. The second kappa shape index (κ2) is 6.48. The number of aryl methyl sites for hydroxylation is 1. The highest BCUT2D eigenvalue weighted by atomic mass is 16.6. The molecular weight excluding hydrogens is 264 g/mol. The van der Waals surface area contributed by atoms with Crippen molar-refractivity contribution >= 4 is 6.09 Å². The van der Waals surface area contributed by atoms with Crippen molar-refractivity contribution in [3.63, 3.8) is 0 Å². The summed E-state index contributed by atoms with van der Waals surface area (Å²) in [4.78, 5) is 13.5. The zero-order chi connectivity index (χ0) is 14.7. The molecule has 4 heteroatoms. The first-order chi connectivity index (χ1) is 10.3. The standard InChI is InChI=1S/C17H24N2O2/c1-2-21-17(20)19-11-9-14(10-12-19)18-16-8-7-13-5-3-4-6-15(13)16/h3-6,14,16,18H,2,7-12H2,1H3. The van der Waals surface area contributed by atoms with Crippen LogP contribution in [-0.4, -0.2) is 36.7 Å².